The lowest BCUT2D eigenvalue weighted by Gasteiger charge is -2.18. The average molecular weight is 466 g/mol. The fourth-order valence-corrected chi connectivity index (χ4v) is 3.96. The third-order valence-electron chi connectivity index (χ3n) is 5.76. The number of nitrogens with zero attached hydrogens (tertiary/aromatic N) is 6. The first-order valence-electron chi connectivity index (χ1n) is 11.3. The third-order valence-corrected chi connectivity index (χ3v) is 5.76. The van der Waals surface area contributed by atoms with Crippen LogP contribution in [0.3, 0.4) is 0 Å². The molecule has 0 unspecified atom stereocenters. The predicted molar refractivity (Wildman–Crippen MR) is 128 cm³/mol. The highest BCUT2D eigenvalue weighted by molar-refractivity contribution is 5.88. The fraction of sp³-hybridized carbons (Fsp3) is 0.333. The normalized spacial score (nSPS) is 11.4. The summed E-state index contributed by atoms with van der Waals surface area (Å²) >= 11 is 0. The Kier molecular flexibility index (Phi) is 6.87. The van der Waals surface area contributed by atoms with Gasteiger partial charge >= 0.3 is 0 Å². The predicted octanol–water partition coefficient (Wildman–Crippen LogP) is 2.28. The van der Waals surface area contributed by atoms with E-state index in [0.29, 0.717) is 34.6 Å². The van der Waals surface area contributed by atoms with Crippen LogP contribution in [0.2, 0.25) is 0 Å². The van der Waals surface area contributed by atoms with Gasteiger partial charge in [0.2, 0.25) is 5.91 Å². The van der Waals surface area contributed by atoms with Crippen molar-refractivity contribution in [3.63, 3.8) is 0 Å². The maximum absolute atomic E-state index is 14.0. The molecule has 4 rings (SSSR count). The Morgan fingerprint density at radius 1 is 1.12 bits per heavy atom. The molecule has 1 N–H and O–H groups in total. The maximum Gasteiger partial charge on any atom is 0.280 e. The molecule has 0 bridgehead atoms. The number of halogens is 1. The third kappa shape index (κ3) is 4.62. The van der Waals surface area contributed by atoms with E-state index in [1.54, 1.807) is 36.0 Å². The topological polar surface area (TPSA) is 90.0 Å². The van der Waals surface area contributed by atoms with Gasteiger partial charge in [0.15, 0.2) is 5.82 Å². The lowest BCUT2D eigenvalue weighted by atomic mass is 10.2. The van der Waals surface area contributed by atoms with Crippen molar-refractivity contribution >= 4 is 16.8 Å². The highest BCUT2D eigenvalue weighted by atomic mass is 19.1. The molecule has 9 nitrogen and oxygen atoms in total. The summed E-state index contributed by atoms with van der Waals surface area (Å²) in [6, 6.07) is 9.65. The van der Waals surface area contributed by atoms with Crippen molar-refractivity contribution in [2.75, 3.05) is 26.2 Å². The maximum atomic E-state index is 14.0. The zero-order chi connectivity index (χ0) is 24.2. The minimum Gasteiger partial charge on any atom is -0.353 e. The molecule has 0 spiro atoms. The van der Waals surface area contributed by atoms with Gasteiger partial charge in [-0.25, -0.2) is 13.8 Å². The lowest BCUT2D eigenvalue weighted by Crippen LogP contribution is -2.38. The molecule has 0 fully saturated rings. The number of rotatable bonds is 9. The van der Waals surface area contributed by atoms with Crippen LogP contribution in [0.15, 0.2) is 53.6 Å². The minimum atomic E-state index is -0.439. The van der Waals surface area contributed by atoms with Gasteiger partial charge in [0.25, 0.3) is 5.56 Å². The van der Waals surface area contributed by atoms with Crippen LogP contribution in [0.1, 0.15) is 19.5 Å². The van der Waals surface area contributed by atoms with Gasteiger partial charge in [-0.1, -0.05) is 19.9 Å². The second kappa shape index (κ2) is 10.0. The number of benzene rings is 1. The van der Waals surface area contributed by atoms with Gasteiger partial charge in [0, 0.05) is 25.5 Å². The number of aryl methyl sites for hydroxylation is 1. The van der Waals surface area contributed by atoms with Gasteiger partial charge in [-0.05, 0) is 50.3 Å². The molecule has 0 atom stereocenters. The Labute approximate surface area is 196 Å². The second-order valence-electron chi connectivity index (χ2n) is 7.95. The van der Waals surface area contributed by atoms with Crippen molar-refractivity contribution in [3.8, 4) is 11.5 Å². The molecular weight excluding hydrogens is 437 g/mol. The molecule has 4 aromatic rings. The average Bonchev–Trinajstić information content (AvgIpc) is 3.48. The Bertz CT molecular complexity index is 1350. The van der Waals surface area contributed by atoms with Gasteiger partial charge in [-0.15, -0.1) is 0 Å². The first-order valence-corrected chi connectivity index (χ1v) is 11.3. The van der Waals surface area contributed by atoms with E-state index in [9.17, 15) is 14.0 Å². The molecule has 1 amide bonds. The van der Waals surface area contributed by atoms with Gasteiger partial charge < -0.3 is 14.8 Å². The second-order valence-corrected chi connectivity index (χ2v) is 7.95. The van der Waals surface area contributed by atoms with Crippen molar-refractivity contribution in [3.05, 3.63) is 70.7 Å². The van der Waals surface area contributed by atoms with E-state index < -0.39 is 11.4 Å². The van der Waals surface area contributed by atoms with E-state index >= 15 is 0 Å². The Morgan fingerprint density at radius 3 is 2.53 bits per heavy atom. The number of carbonyl (C=O) groups excluding carboxylic acids is 1. The van der Waals surface area contributed by atoms with Crippen molar-refractivity contribution in [1.29, 1.82) is 0 Å². The number of likely N-dealkylation sites (N-methyl/N-ethyl adjacent to an activating group) is 1. The van der Waals surface area contributed by atoms with Crippen molar-refractivity contribution in [1.82, 2.24) is 34.3 Å². The highest BCUT2D eigenvalue weighted by Gasteiger charge is 2.22. The summed E-state index contributed by atoms with van der Waals surface area (Å²) in [4.78, 5) is 28.2. The summed E-state index contributed by atoms with van der Waals surface area (Å²) in [5.74, 6) is -0.249. The number of amides is 1. The molecule has 0 aliphatic carbocycles. The Balaban J connectivity index is 1.74. The van der Waals surface area contributed by atoms with Crippen LogP contribution in [0.5, 0.6) is 0 Å². The van der Waals surface area contributed by atoms with Crippen LogP contribution in [-0.4, -0.2) is 61.1 Å². The Hall–Kier alpha value is -3.79. The van der Waals surface area contributed by atoms with Gasteiger partial charge in [0.05, 0.1) is 11.4 Å². The molecule has 3 aromatic heterocycles. The summed E-state index contributed by atoms with van der Waals surface area (Å²) < 4.78 is 18.4. The van der Waals surface area contributed by atoms with Crippen molar-refractivity contribution in [2.45, 2.75) is 27.3 Å². The first kappa shape index (κ1) is 23.4. The summed E-state index contributed by atoms with van der Waals surface area (Å²) in [6.07, 6.45) is 3.57. The van der Waals surface area contributed by atoms with Crippen LogP contribution in [0, 0.1) is 12.7 Å². The molecule has 1 aromatic carbocycles. The summed E-state index contributed by atoms with van der Waals surface area (Å²) in [5, 5.41) is 12.1. The number of hydrogen-bond acceptors (Lipinski definition) is 5. The number of hydrogen-bond donors (Lipinski definition) is 1. The molecular formula is C24H28FN7O2. The van der Waals surface area contributed by atoms with E-state index in [0.717, 1.165) is 24.3 Å². The van der Waals surface area contributed by atoms with E-state index in [2.05, 4.69) is 34.3 Å². The summed E-state index contributed by atoms with van der Waals surface area (Å²) in [7, 11) is 0. The standard InChI is InChI=1S/C24H28FN7O2/c1-4-29(5-2)14-11-26-20(33)16-31-24(34)21-22(17(3)27-31)28-32(19-10-8-9-18(25)15-19)23(21)30-12-6-7-13-30/h6-10,12-13,15H,4-5,11,14,16H2,1-3H3,(H,26,33). The van der Waals surface area contributed by atoms with Crippen LogP contribution in [-0.2, 0) is 11.3 Å². The number of fused-ring (bicyclic) bond motifs is 1. The van der Waals surface area contributed by atoms with E-state index in [1.165, 1.54) is 16.8 Å². The van der Waals surface area contributed by atoms with E-state index in [-0.39, 0.29) is 12.5 Å². The van der Waals surface area contributed by atoms with Crippen LogP contribution < -0.4 is 10.9 Å². The first-order chi connectivity index (χ1) is 16.4. The molecule has 0 aliphatic rings. The zero-order valence-electron chi connectivity index (χ0n) is 19.5. The smallest absolute Gasteiger partial charge is 0.280 e. The van der Waals surface area contributed by atoms with Crippen molar-refractivity contribution in [2.24, 2.45) is 0 Å². The monoisotopic (exact) mass is 465 g/mol. The molecule has 0 aliphatic heterocycles. The molecule has 178 valence electrons. The van der Waals surface area contributed by atoms with Crippen LogP contribution >= 0.6 is 0 Å². The molecule has 0 saturated carbocycles. The SMILES string of the molecule is CCN(CC)CCNC(=O)Cn1nc(C)c2nn(-c3cccc(F)c3)c(-n3cccc3)c2c1=O. The minimum absolute atomic E-state index is 0.204. The molecule has 10 heteroatoms. The molecule has 0 radical (unpaired) electrons. The fourth-order valence-electron chi connectivity index (χ4n) is 3.96. The Morgan fingerprint density at radius 2 is 1.85 bits per heavy atom. The highest BCUT2D eigenvalue weighted by Crippen LogP contribution is 2.24. The molecule has 34 heavy (non-hydrogen) atoms. The van der Waals surface area contributed by atoms with E-state index in [1.807, 2.05) is 12.1 Å². The summed E-state index contributed by atoms with van der Waals surface area (Å²) in [6.45, 7) is 8.70. The van der Waals surface area contributed by atoms with Gasteiger partial charge in [0.1, 0.15) is 23.3 Å². The van der Waals surface area contributed by atoms with Gasteiger partial charge in [-0.2, -0.15) is 10.2 Å². The molecule has 3 heterocycles. The van der Waals surface area contributed by atoms with E-state index in [4.69, 9.17) is 0 Å². The van der Waals surface area contributed by atoms with Crippen LogP contribution in [0.4, 0.5) is 4.39 Å². The quantitative estimate of drug-likeness (QED) is 0.410. The van der Waals surface area contributed by atoms with Crippen molar-refractivity contribution < 1.29 is 9.18 Å². The van der Waals surface area contributed by atoms with Gasteiger partial charge in [-0.3, -0.25) is 9.59 Å². The number of carbonyl (C=O) groups is 1. The van der Waals surface area contributed by atoms with Crippen LogP contribution in [0.25, 0.3) is 22.4 Å². The summed E-state index contributed by atoms with van der Waals surface area (Å²) in [5.41, 5.74) is 0.926. The molecule has 0 saturated heterocycles. The largest absolute Gasteiger partial charge is 0.353 e. The number of nitrogens with one attached hydrogen (secondary N) is 1. The lowest BCUT2D eigenvalue weighted by molar-refractivity contribution is -0.121. The number of aromatic nitrogens is 5. The zero-order valence-corrected chi connectivity index (χ0v) is 19.5.